The van der Waals surface area contributed by atoms with E-state index in [1.54, 1.807) is 19.1 Å². The fourth-order valence-corrected chi connectivity index (χ4v) is 2.74. The Labute approximate surface area is 102 Å². The zero-order valence-electron chi connectivity index (χ0n) is 9.93. The van der Waals surface area contributed by atoms with Gasteiger partial charge in [0, 0.05) is 18.8 Å². The average Bonchev–Trinajstić information content (AvgIpc) is 2.40. The van der Waals surface area contributed by atoms with Crippen molar-refractivity contribution in [3.8, 4) is 0 Å². The zero-order chi connectivity index (χ0) is 12.3. The quantitative estimate of drug-likeness (QED) is 0.817. The van der Waals surface area contributed by atoms with E-state index in [0.29, 0.717) is 4.90 Å². The number of benzene rings is 1. The van der Waals surface area contributed by atoms with E-state index in [1.807, 2.05) is 12.1 Å². The number of hydrogen-bond donors (Lipinski definition) is 0. The summed E-state index contributed by atoms with van der Waals surface area (Å²) in [6.07, 6.45) is 0. The molecule has 0 N–H and O–H groups in total. The molecule has 17 heavy (non-hydrogen) atoms. The number of rotatable bonds is 3. The van der Waals surface area contributed by atoms with Gasteiger partial charge in [-0.3, -0.25) is 0 Å². The van der Waals surface area contributed by atoms with Crippen LogP contribution in [0.2, 0.25) is 0 Å². The lowest BCUT2D eigenvalue weighted by molar-refractivity contribution is 0.122. The van der Waals surface area contributed by atoms with Crippen LogP contribution >= 0.6 is 0 Å². The fraction of sp³-hybridized carbons (Fsp3) is 0.500. The van der Waals surface area contributed by atoms with E-state index in [1.165, 1.54) is 0 Å². The first kappa shape index (κ1) is 12.4. The summed E-state index contributed by atoms with van der Waals surface area (Å²) in [6, 6.07) is 7.11. The Bertz CT molecular complexity index is 461. The Morgan fingerprint density at radius 1 is 1.18 bits per heavy atom. The van der Waals surface area contributed by atoms with E-state index in [-0.39, 0.29) is 5.75 Å². The smallest absolute Gasteiger partial charge is 0.178 e. The molecule has 1 aromatic carbocycles. The first-order valence-corrected chi connectivity index (χ1v) is 7.44. The minimum Gasteiger partial charge on any atom is -0.378 e. The molecule has 1 heterocycles. The third-order valence-electron chi connectivity index (χ3n) is 2.95. The Hall–Kier alpha value is -1.07. The summed E-state index contributed by atoms with van der Waals surface area (Å²) in [4.78, 5) is 2.60. The standard InChI is InChI=1S/C12H17NO3S/c1-2-17(14,15)12-5-3-11(4-6-12)13-7-9-16-10-8-13/h3-6H,2,7-10H2,1H3. The molecule has 1 aliphatic heterocycles. The number of nitrogens with zero attached hydrogens (tertiary/aromatic N) is 1. The summed E-state index contributed by atoms with van der Waals surface area (Å²) in [5, 5.41) is 0. The summed E-state index contributed by atoms with van der Waals surface area (Å²) >= 11 is 0. The van der Waals surface area contributed by atoms with Gasteiger partial charge in [0.05, 0.1) is 23.9 Å². The minimum absolute atomic E-state index is 0.143. The topological polar surface area (TPSA) is 46.6 Å². The van der Waals surface area contributed by atoms with Crippen LogP contribution in [0.4, 0.5) is 5.69 Å². The zero-order valence-corrected chi connectivity index (χ0v) is 10.7. The summed E-state index contributed by atoms with van der Waals surface area (Å²) < 4.78 is 28.6. The van der Waals surface area contributed by atoms with Gasteiger partial charge < -0.3 is 9.64 Å². The molecule has 0 amide bonds. The predicted molar refractivity (Wildman–Crippen MR) is 67.2 cm³/mol. The van der Waals surface area contributed by atoms with Crippen molar-refractivity contribution in [2.45, 2.75) is 11.8 Å². The molecule has 0 spiro atoms. The number of morpholine rings is 1. The van der Waals surface area contributed by atoms with Crippen LogP contribution in [0.5, 0.6) is 0 Å². The number of anilines is 1. The van der Waals surface area contributed by atoms with Crippen LogP contribution in [-0.2, 0) is 14.6 Å². The highest BCUT2D eigenvalue weighted by atomic mass is 32.2. The van der Waals surface area contributed by atoms with Crippen molar-refractivity contribution in [2.24, 2.45) is 0 Å². The maximum atomic E-state index is 11.7. The molecular formula is C12H17NO3S. The average molecular weight is 255 g/mol. The monoisotopic (exact) mass is 255 g/mol. The van der Waals surface area contributed by atoms with Crippen LogP contribution in [0.3, 0.4) is 0 Å². The lowest BCUT2D eigenvalue weighted by Crippen LogP contribution is -2.36. The Balaban J connectivity index is 2.18. The van der Waals surface area contributed by atoms with Gasteiger partial charge in [0.2, 0.25) is 0 Å². The number of hydrogen-bond acceptors (Lipinski definition) is 4. The molecule has 1 saturated heterocycles. The van der Waals surface area contributed by atoms with Crippen LogP contribution in [0, 0.1) is 0 Å². The van der Waals surface area contributed by atoms with Gasteiger partial charge in [-0.05, 0) is 24.3 Å². The molecule has 5 heteroatoms. The molecule has 1 fully saturated rings. The summed E-state index contributed by atoms with van der Waals surface area (Å²) in [6.45, 7) is 4.84. The molecule has 0 bridgehead atoms. The number of sulfone groups is 1. The molecular weight excluding hydrogens is 238 g/mol. The van der Waals surface area contributed by atoms with Crippen molar-refractivity contribution in [1.82, 2.24) is 0 Å². The van der Waals surface area contributed by atoms with Gasteiger partial charge in [0.25, 0.3) is 0 Å². The van der Waals surface area contributed by atoms with Crippen molar-refractivity contribution < 1.29 is 13.2 Å². The van der Waals surface area contributed by atoms with Crippen molar-refractivity contribution in [3.05, 3.63) is 24.3 Å². The largest absolute Gasteiger partial charge is 0.378 e. The highest BCUT2D eigenvalue weighted by Crippen LogP contribution is 2.19. The van der Waals surface area contributed by atoms with Crippen LogP contribution in [-0.4, -0.2) is 40.5 Å². The summed E-state index contributed by atoms with van der Waals surface area (Å²) in [5.41, 5.74) is 1.06. The van der Waals surface area contributed by atoms with Gasteiger partial charge >= 0.3 is 0 Å². The molecule has 1 aliphatic rings. The predicted octanol–water partition coefficient (Wildman–Crippen LogP) is 1.32. The number of ether oxygens (including phenoxy) is 1. The third kappa shape index (κ3) is 2.79. The van der Waals surface area contributed by atoms with E-state index in [2.05, 4.69) is 4.90 Å². The second-order valence-corrected chi connectivity index (χ2v) is 6.27. The van der Waals surface area contributed by atoms with Crippen LogP contribution < -0.4 is 4.90 Å². The van der Waals surface area contributed by atoms with Crippen LogP contribution in [0.1, 0.15) is 6.92 Å². The van der Waals surface area contributed by atoms with Gasteiger partial charge in [-0.25, -0.2) is 8.42 Å². The van der Waals surface area contributed by atoms with E-state index < -0.39 is 9.84 Å². The van der Waals surface area contributed by atoms with Crippen LogP contribution in [0.25, 0.3) is 0 Å². The van der Waals surface area contributed by atoms with Crippen molar-refractivity contribution in [1.29, 1.82) is 0 Å². The lowest BCUT2D eigenvalue weighted by atomic mass is 10.2. The Morgan fingerprint density at radius 3 is 2.29 bits per heavy atom. The maximum Gasteiger partial charge on any atom is 0.178 e. The Morgan fingerprint density at radius 2 is 1.76 bits per heavy atom. The van der Waals surface area contributed by atoms with Gasteiger partial charge in [0.1, 0.15) is 0 Å². The lowest BCUT2D eigenvalue weighted by Gasteiger charge is -2.28. The second-order valence-electron chi connectivity index (χ2n) is 4.00. The van der Waals surface area contributed by atoms with E-state index in [9.17, 15) is 8.42 Å². The molecule has 0 saturated carbocycles. The molecule has 4 nitrogen and oxygen atoms in total. The summed E-state index contributed by atoms with van der Waals surface area (Å²) in [5.74, 6) is 0.143. The molecule has 0 aliphatic carbocycles. The second kappa shape index (κ2) is 5.06. The maximum absolute atomic E-state index is 11.7. The van der Waals surface area contributed by atoms with Gasteiger partial charge in [-0.1, -0.05) is 6.92 Å². The van der Waals surface area contributed by atoms with Crippen molar-refractivity contribution in [3.63, 3.8) is 0 Å². The molecule has 0 atom stereocenters. The van der Waals surface area contributed by atoms with Gasteiger partial charge in [-0.15, -0.1) is 0 Å². The minimum atomic E-state index is -3.09. The van der Waals surface area contributed by atoms with E-state index in [4.69, 9.17) is 4.74 Å². The third-order valence-corrected chi connectivity index (χ3v) is 4.70. The van der Waals surface area contributed by atoms with Gasteiger partial charge in [-0.2, -0.15) is 0 Å². The normalized spacial score (nSPS) is 17.1. The SMILES string of the molecule is CCS(=O)(=O)c1ccc(N2CCOCC2)cc1. The molecule has 0 unspecified atom stereocenters. The first-order valence-electron chi connectivity index (χ1n) is 5.79. The van der Waals surface area contributed by atoms with Crippen LogP contribution in [0.15, 0.2) is 29.2 Å². The molecule has 1 aromatic rings. The molecule has 0 aromatic heterocycles. The highest BCUT2D eigenvalue weighted by molar-refractivity contribution is 7.91. The first-order chi connectivity index (χ1) is 8.13. The van der Waals surface area contributed by atoms with Gasteiger partial charge in [0.15, 0.2) is 9.84 Å². The van der Waals surface area contributed by atoms with E-state index >= 15 is 0 Å². The van der Waals surface area contributed by atoms with Crippen molar-refractivity contribution in [2.75, 3.05) is 37.0 Å². The highest BCUT2D eigenvalue weighted by Gasteiger charge is 2.14. The van der Waals surface area contributed by atoms with E-state index in [0.717, 1.165) is 32.0 Å². The Kier molecular flexibility index (Phi) is 3.69. The fourth-order valence-electron chi connectivity index (χ4n) is 1.85. The van der Waals surface area contributed by atoms with Crippen molar-refractivity contribution >= 4 is 15.5 Å². The molecule has 0 radical (unpaired) electrons. The molecule has 94 valence electrons. The summed E-state index contributed by atoms with van der Waals surface area (Å²) in [7, 11) is -3.09. The molecule has 2 rings (SSSR count).